The number of thiophene rings is 1. The summed E-state index contributed by atoms with van der Waals surface area (Å²) in [7, 11) is 0. The van der Waals surface area contributed by atoms with Gasteiger partial charge < -0.3 is 5.73 Å². The Balaban J connectivity index is 1.93. The van der Waals surface area contributed by atoms with E-state index in [4.69, 9.17) is 17.3 Å². The molecule has 0 atom stereocenters. The standard InChI is InChI=1S/C25H14ClN5OS/c1-13-2-4-15(5-3-13)20-17(10-27)22(29)31-23(18(20)11-28)30-24(32)21-19(12-33-25(21)31)14-6-8-16(26)9-7-14/h2-9,12H,29H2,1H3. The number of anilines is 1. The second kappa shape index (κ2) is 7.75. The molecular weight excluding hydrogens is 454 g/mol. The minimum Gasteiger partial charge on any atom is -0.384 e. The van der Waals surface area contributed by atoms with Crippen molar-refractivity contribution in [1.29, 1.82) is 10.5 Å². The predicted molar refractivity (Wildman–Crippen MR) is 131 cm³/mol. The van der Waals surface area contributed by atoms with Crippen LogP contribution in [-0.2, 0) is 0 Å². The zero-order chi connectivity index (χ0) is 23.3. The van der Waals surface area contributed by atoms with E-state index in [2.05, 4.69) is 17.1 Å². The van der Waals surface area contributed by atoms with Gasteiger partial charge in [-0.25, -0.2) is 0 Å². The van der Waals surface area contributed by atoms with Crippen molar-refractivity contribution in [1.82, 2.24) is 9.38 Å². The zero-order valence-electron chi connectivity index (χ0n) is 17.3. The molecular formula is C25H14ClN5OS. The third-order valence-corrected chi connectivity index (χ3v) is 6.76. The van der Waals surface area contributed by atoms with E-state index in [1.807, 2.05) is 48.7 Å². The highest BCUT2D eigenvalue weighted by atomic mass is 35.5. The fraction of sp³-hybridized carbons (Fsp3) is 0.0400. The van der Waals surface area contributed by atoms with E-state index < -0.39 is 5.56 Å². The molecule has 5 aromatic rings. The second-order valence-corrected chi connectivity index (χ2v) is 8.81. The molecule has 6 nitrogen and oxygen atoms in total. The maximum absolute atomic E-state index is 13.2. The van der Waals surface area contributed by atoms with Gasteiger partial charge in [0.05, 0.1) is 5.39 Å². The van der Waals surface area contributed by atoms with Crippen molar-refractivity contribution < 1.29 is 0 Å². The van der Waals surface area contributed by atoms with E-state index in [9.17, 15) is 15.3 Å². The lowest BCUT2D eigenvalue weighted by Gasteiger charge is -2.15. The van der Waals surface area contributed by atoms with Crippen LogP contribution in [0.15, 0.2) is 58.7 Å². The molecule has 0 saturated heterocycles. The number of aryl methyl sites for hydroxylation is 1. The number of nitriles is 2. The number of pyridine rings is 1. The van der Waals surface area contributed by atoms with Gasteiger partial charge in [-0.3, -0.25) is 9.20 Å². The Kier molecular flexibility index (Phi) is 4.87. The Bertz CT molecular complexity index is 1720. The average molecular weight is 468 g/mol. The van der Waals surface area contributed by atoms with Crippen molar-refractivity contribution in [2.75, 3.05) is 5.73 Å². The van der Waals surface area contributed by atoms with Crippen LogP contribution in [-0.4, -0.2) is 9.38 Å². The third-order valence-electron chi connectivity index (χ3n) is 5.55. The summed E-state index contributed by atoms with van der Waals surface area (Å²) >= 11 is 7.31. The van der Waals surface area contributed by atoms with Crippen LogP contribution in [0.25, 0.3) is 38.1 Å². The van der Waals surface area contributed by atoms with Crippen molar-refractivity contribution in [3.63, 3.8) is 0 Å². The van der Waals surface area contributed by atoms with Crippen LogP contribution in [0.4, 0.5) is 5.82 Å². The highest BCUT2D eigenvalue weighted by Gasteiger charge is 2.24. The number of hydrogen-bond acceptors (Lipinski definition) is 6. The molecule has 2 N–H and O–H groups in total. The van der Waals surface area contributed by atoms with Gasteiger partial charge in [0, 0.05) is 21.5 Å². The molecule has 0 aliphatic carbocycles. The minimum atomic E-state index is -0.466. The van der Waals surface area contributed by atoms with Gasteiger partial charge in [0.2, 0.25) is 0 Å². The highest BCUT2D eigenvalue weighted by Crippen LogP contribution is 2.38. The van der Waals surface area contributed by atoms with Crippen LogP contribution >= 0.6 is 22.9 Å². The SMILES string of the molecule is Cc1ccc(-c2c(C#N)c(N)n3c(nc(=O)c4c(-c5ccc(Cl)cc5)csc43)c2C#N)cc1. The number of nitrogens with zero attached hydrogens (tertiary/aromatic N) is 4. The zero-order valence-corrected chi connectivity index (χ0v) is 18.8. The molecule has 2 aromatic carbocycles. The molecule has 158 valence electrons. The number of rotatable bonds is 2. The van der Waals surface area contributed by atoms with Crippen LogP contribution in [0, 0.1) is 29.6 Å². The summed E-state index contributed by atoms with van der Waals surface area (Å²) in [5, 5.41) is 22.8. The number of aromatic nitrogens is 2. The molecule has 0 aliphatic rings. The maximum atomic E-state index is 13.2. The quantitative estimate of drug-likeness (QED) is 0.367. The number of nitrogen functional groups attached to an aromatic ring is 1. The van der Waals surface area contributed by atoms with Gasteiger partial charge in [0.25, 0.3) is 5.56 Å². The maximum Gasteiger partial charge on any atom is 0.282 e. The number of halogens is 1. The first-order valence-corrected chi connectivity index (χ1v) is 11.1. The van der Waals surface area contributed by atoms with E-state index in [0.717, 1.165) is 11.1 Å². The lowest BCUT2D eigenvalue weighted by atomic mass is 9.95. The largest absolute Gasteiger partial charge is 0.384 e. The summed E-state index contributed by atoms with van der Waals surface area (Å²) in [6.07, 6.45) is 0. The van der Waals surface area contributed by atoms with E-state index >= 15 is 0 Å². The van der Waals surface area contributed by atoms with E-state index in [0.29, 0.717) is 31.9 Å². The molecule has 0 fully saturated rings. The summed E-state index contributed by atoms with van der Waals surface area (Å²) in [5.74, 6) is 0.129. The lowest BCUT2D eigenvalue weighted by molar-refractivity contribution is 1.14. The molecule has 0 spiro atoms. The topological polar surface area (TPSA) is 108 Å². The molecule has 5 rings (SSSR count). The van der Waals surface area contributed by atoms with Crippen molar-refractivity contribution in [2.45, 2.75) is 6.92 Å². The summed E-state index contributed by atoms with van der Waals surface area (Å²) in [6.45, 7) is 1.95. The van der Waals surface area contributed by atoms with Crippen LogP contribution in [0.5, 0.6) is 0 Å². The van der Waals surface area contributed by atoms with Crippen molar-refractivity contribution in [3.8, 4) is 34.4 Å². The minimum absolute atomic E-state index is 0.129. The van der Waals surface area contributed by atoms with Crippen molar-refractivity contribution in [2.24, 2.45) is 0 Å². The molecule has 0 bridgehead atoms. The normalized spacial score (nSPS) is 10.9. The van der Waals surface area contributed by atoms with Gasteiger partial charge in [-0.05, 0) is 30.2 Å². The number of benzene rings is 2. The van der Waals surface area contributed by atoms with Gasteiger partial charge in [-0.2, -0.15) is 15.5 Å². The van der Waals surface area contributed by atoms with E-state index in [-0.39, 0.29) is 22.6 Å². The van der Waals surface area contributed by atoms with Crippen molar-refractivity contribution >= 4 is 44.6 Å². The monoisotopic (exact) mass is 467 g/mol. The summed E-state index contributed by atoms with van der Waals surface area (Å²) in [4.78, 5) is 18.0. The van der Waals surface area contributed by atoms with E-state index in [1.54, 1.807) is 12.1 Å². The number of nitrogens with two attached hydrogens (primary N) is 1. The molecule has 0 aliphatic heterocycles. The lowest BCUT2D eigenvalue weighted by Crippen LogP contribution is -2.15. The first kappa shape index (κ1) is 20.7. The fourth-order valence-corrected chi connectivity index (χ4v) is 5.17. The summed E-state index contributed by atoms with van der Waals surface area (Å²) in [5.41, 5.74) is 10.0. The van der Waals surface area contributed by atoms with Crippen LogP contribution in [0.1, 0.15) is 16.7 Å². The molecule has 3 heterocycles. The Morgan fingerprint density at radius 2 is 1.64 bits per heavy atom. The Hall–Kier alpha value is -4.17. The van der Waals surface area contributed by atoms with Gasteiger partial charge in [-0.15, -0.1) is 11.3 Å². The Morgan fingerprint density at radius 1 is 1.00 bits per heavy atom. The Morgan fingerprint density at radius 3 is 2.27 bits per heavy atom. The summed E-state index contributed by atoms with van der Waals surface area (Å²) in [6, 6.07) is 18.9. The molecule has 0 radical (unpaired) electrons. The number of fused-ring (bicyclic) bond motifs is 3. The first-order valence-electron chi connectivity index (χ1n) is 9.87. The van der Waals surface area contributed by atoms with Crippen molar-refractivity contribution in [3.05, 3.63) is 86.0 Å². The second-order valence-electron chi connectivity index (χ2n) is 7.51. The van der Waals surface area contributed by atoms with Crippen LogP contribution in [0.2, 0.25) is 5.02 Å². The van der Waals surface area contributed by atoms with Crippen LogP contribution < -0.4 is 11.3 Å². The van der Waals surface area contributed by atoms with Gasteiger partial charge >= 0.3 is 0 Å². The van der Waals surface area contributed by atoms with Crippen LogP contribution in [0.3, 0.4) is 0 Å². The molecule has 0 saturated carbocycles. The molecule has 33 heavy (non-hydrogen) atoms. The molecule has 0 unspecified atom stereocenters. The molecule has 8 heteroatoms. The van der Waals surface area contributed by atoms with Gasteiger partial charge in [-0.1, -0.05) is 53.6 Å². The Labute approximate surface area is 197 Å². The van der Waals surface area contributed by atoms with Gasteiger partial charge in [0.15, 0.2) is 5.65 Å². The van der Waals surface area contributed by atoms with Gasteiger partial charge in [0.1, 0.15) is 33.9 Å². The predicted octanol–water partition coefficient (Wildman–Crippen LogP) is 5.53. The molecule has 0 amide bonds. The molecule has 3 aromatic heterocycles. The fourth-order valence-electron chi connectivity index (χ4n) is 3.95. The average Bonchev–Trinajstić information content (AvgIpc) is 3.25. The number of hydrogen-bond donors (Lipinski definition) is 1. The van der Waals surface area contributed by atoms with E-state index in [1.165, 1.54) is 15.7 Å². The highest BCUT2D eigenvalue weighted by molar-refractivity contribution is 7.17. The summed E-state index contributed by atoms with van der Waals surface area (Å²) < 4.78 is 1.54. The third kappa shape index (κ3) is 3.15. The smallest absolute Gasteiger partial charge is 0.282 e. The first-order chi connectivity index (χ1) is 15.9.